The third-order valence-corrected chi connectivity index (χ3v) is 8.90. The molecule has 0 bridgehead atoms. The molecule has 0 spiro atoms. The molecule has 0 radical (unpaired) electrons. The number of thiazole rings is 1. The van der Waals surface area contributed by atoms with Crippen LogP contribution in [0.3, 0.4) is 0 Å². The van der Waals surface area contributed by atoms with Gasteiger partial charge in [-0.3, -0.25) is 0 Å². The zero-order valence-electron chi connectivity index (χ0n) is 12.6. The summed E-state index contributed by atoms with van der Waals surface area (Å²) in [7, 11) is -2.97. The third kappa shape index (κ3) is 2.65. The molecule has 1 heterocycles. The standard InChI is InChI=1S/C19H13BrNOPS/c20-14-11-12-17-18(13-14)24-19(21-17)23(22,15-7-3-1-4-8-15)16-9-5-2-6-10-16/h1-13H. The minimum Gasteiger partial charge on any atom is -0.306 e. The Balaban J connectivity index is 2.00. The highest BCUT2D eigenvalue weighted by Gasteiger charge is 2.33. The molecular weight excluding hydrogens is 401 g/mol. The van der Waals surface area contributed by atoms with E-state index in [2.05, 4.69) is 15.9 Å². The van der Waals surface area contributed by atoms with Gasteiger partial charge < -0.3 is 4.57 Å². The van der Waals surface area contributed by atoms with Gasteiger partial charge in [-0.2, -0.15) is 0 Å². The molecule has 0 saturated heterocycles. The molecule has 0 aliphatic rings. The Hall–Kier alpha value is -1.74. The van der Waals surface area contributed by atoms with Crippen LogP contribution in [-0.4, -0.2) is 4.98 Å². The van der Waals surface area contributed by atoms with Crippen molar-refractivity contribution >= 4 is 60.0 Å². The molecular formula is C19H13BrNOPS. The highest BCUT2D eigenvalue weighted by Crippen LogP contribution is 2.44. The molecule has 0 unspecified atom stereocenters. The average molecular weight is 414 g/mol. The van der Waals surface area contributed by atoms with Crippen LogP contribution < -0.4 is 15.4 Å². The minimum atomic E-state index is -2.97. The summed E-state index contributed by atoms with van der Waals surface area (Å²) < 4.78 is 16.9. The van der Waals surface area contributed by atoms with Gasteiger partial charge in [0.15, 0.2) is 11.9 Å². The monoisotopic (exact) mass is 413 g/mol. The first-order valence-electron chi connectivity index (χ1n) is 7.46. The van der Waals surface area contributed by atoms with Crippen LogP contribution in [0.15, 0.2) is 83.3 Å². The van der Waals surface area contributed by atoms with E-state index in [1.807, 2.05) is 78.9 Å². The Kier molecular flexibility index (Phi) is 4.13. The summed E-state index contributed by atoms with van der Waals surface area (Å²) in [4.78, 5) is 4.71. The van der Waals surface area contributed by atoms with E-state index in [1.165, 1.54) is 11.3 Å². The van der Waals surface area contributed by atoms with Crippen molar-refractivity contribution in [2.75, 3.05) is 0 Å². The maximum atomic E-state index is 14.2. The fraction of sp³-hybridized carbons (Fsp3) is 0. The van der Waals surface area contributed by atoms with Crippen LogP contribution in [0.1, 0.15) is 0 Å². The van der Waals surface area contributed by atoms with E-state index < -0.39 is 7.14 Å². The second-order valence-corrected chi connectivity index (χ2v) is 10.3. The quantitative estimate of drug-likeness (QED) is 0.455. The first kappa shape index (κ1) is 15.8. The lowest BCUT2D eigenvalue weighted by Crippen LogP contribution is -2.24. The maximum absolute atomic E-state index is 14.2. The molecule has 5 heteroatoms. The zero-order chi connectivity index (χ0) is 16.6. The zero-order valence-corrected chi connectivity index (χ0v) is 15.9. The second kappa shape index (κ2) is 6.29. The van der Waals surface area contributed by atoms with Gasteiger partial charge in [-0.25, -0.2) is 4.98 Å². The first-order chi connectivity index (χ1) is 11.7. The molecule has 3 aromatic carbocycles. The maximum Gasteiger partial charge on any atom is 0.198 e. The van der Waals surface area contributed by atoms with Crippen molar-refractivity contribution in [3.8, 4) is 0 Å². The fourth-order valence-electron chi connectivity index (χ4n) is 2.67. The van der Waals surface area contributed by atoms with Crippen molar-refractivity contribution in [2.24, 2.45) is 0 Å². The molecule has 0 aliphatic heterocycles. The largest absolute Gasteiger partial charge is 0.306 e. The van der Waals surface area contributed by atoms with Crippen LogP contribution in [0.25, 0.3) is 10.2 Å². The van der Waals surface area contributed by atoms with Gasteiger partial charge in [0.05, 0.1) is 10.2 Å². The summed E-state index contributed by atoms with van der Waals surface area (Å²) in [5.41, 5.74) is 0.880. The van der Waals surface area contributed by atoms with Gasteiger partial charge in [0.25, 0.3) is 0 Å². The van der Waals surface area contributed by atoms with Crippen molar-refractivity contribution in [1.82, 2.24) is 4.98 Å². The number of hydrogen-bond donors (Lipinski definition) is 0. The molecule has 0 aliphatic carbocycles. The van der Waals surface area contributed by atoms with E-state index >= 15 is 0 Å². The van der Waals surface area contributed by atoms with Gasteiger partial charge in [0, 0.05) is 15.1 Å². The van der Waals surface area contributed by atoms with Gasteiger partial charge in [-0.05, 0) is 18.2 Å². The van der Waals surface area contributed by atoms with Crippen LogP contribution in [0.2, 0.25) is 0 Å². The Morgan fingerprint density at radius 2 is 1.42 bits per heavy atom. The molecule has 4 rings (SSSR count). The van der Waals surface area contributed by atoms with E-state index in [-0.39, 0.29) is 0 Å². The Bertz CT molecular complexity index is 1000. The Morgan fingerprint density at radius 1 is 0.833 bits per heavy atom. The van der Waals surface area contributed by atoms with Crippen molar-refractivity contribution in [1.29, 1.82) is 0 Å². The van der Waals surface area contributed by atoms with Gasteiger partial charge in [-0.15, -0.1) is 11.3 Å². The summed E-state index contributed by atoms with van der Waals surface area (Å²) in [5.74, 6) is 0. The van der Waals surface area contributed by atoms with Crippen LogP contribution in [-0.2, 0) is 4.57 Å². The van der Waals surface area contributed by atoms with Crippen molar-refractivity contribution in [3.63, 3.8) is 0 Å². The molecule has 0 N–H and O–H groups in total. The SMILES string of the molecule is O=P(c1ccccc1)(c1ccccc1)c1nc2ccc(Br)cc2s1. The van der Waals surface area contributed by atoms with Crippen LogP contribution in [0.5, 0.6) is 0 Å². The number of halogens is 1. The Morgan fingerprint density at radius 3 is 2.00 bits per heavy atom. The summed E-state index contributed by atoms with van der Waals surface area (Å²) in [6.07, 6.45) is 0. The van der Waals surface area contributed by atoms with E-state index in [0.29, 0.717) is 4.75 Å². The van der Waals surface area contributed by atoms with E-state index in [4.69, 9.17) is 4.98 Å². The number of nitrogens with zero attached hydrogens (tertiary/aromatic N) is 1. The molecule has 0 fully saturated rings. The molecule has 1 aromatic heterocycles. The highest BCUT2D eigenvalue weighted by molar-refractivity contribution is 9.10. The van der Waals surface area contributed by atoms with Crippen LogP contribution in [0, 0.1) is 0 Å². The van der Waals surface area contributed by atoms with E-state index in [9.17, 15) is 4.57 Å². The highest BCUT2D eigenvalue weighted by atomic mass is 79.9. The van der Waals surface area contributed by atoms with Crippen LogP contribution in [0.4, 0.5) is 0 Å². The number of benzene rings is 3. The Labute approximate surface area is 152 Å². The van der Waals surface area contributed by atoms with Crippen LogP contribution >= 0.6 is 34.4 Å². The fourth-order valence-corrected chi connectivity index (χ4v) is 7.54. The number of fused-ring (bicyclic) bond motifs is 1. The average Bonchev–Trinajstić information content (AvgIpc) is 3.06. The smallest absolute Gasteiger partial charge is 0.198 e. The lowest BCUT2D eigenvalue weighted by atomic mass is 10.3. The van der Waals surface area contributed by atoms with Crippen molar-refractivity contribution in [2.45, 2.75) is 0 Å². The lowest BCUT2D eigenvalue weighted by Gasteiger charge is -2.16. The van der Waals surface area contributed by atoms with Gasteiger partial charge in [-0.1, -0.05) is 76.6 Å². The first-order valence-corrected chi connectivity index (χ1v) is 10.8. The molecule has 4 aromatic rings. The second-order valence-electron chi connectivity index (χ2n) is 5.39. The number of hydrogen-bond acceptors (Lipinski definition) is 3. The molecule has 24 heavy (non-hydrogen) atoms. The number of rotatable bonds is 3. The summed E-state index contributed by atoms with van der Waals surface area (Å²) >= 11 is 5.00. The van der Waals surface area contributed by atoms with Gasteiger partial charge in [0.1, 0.15) is 0 Å². The summed E-state index contributed by atoms with van der Waals surface area (Å²) in [6, 6.07) is 25.2. The normalized spacial score (nSPS) is 11.7. The minimum absolute atomic E-state index is 0.674. The molecule has 0 amide bonds. The molecule has 0 saturated carbocycles. The summed E-state index contributed by atoms with van der Waals surface area (Å²) in [6.45, 7) is 0. The van der Waals surface area contributed by atoms with Gasteiger partial charge in [0.2, 0.25) is 0 Å². The van der Waals surface area contributed by atoms with Gasteiger partial charge >= 0.3 is 0 Å². The van der Waals surface area contributed by atoms with Crippen molar-refractivity contribution < 1.29 is 4.57 Å². The molecule has 118 valence electrons. The predicted molar refractivity (Wildman–Crippen MR) is 107 cm³/mol. The van der Waals surface area contributed by atoms with E-state index in [0.717, 1.165) is 25.3 Å². The molecule has 2 nitrogen and oxygen atoms in total. The molecule has 0 atom stereocenters. The number of aromatic nitrogens is 1. The predicted octanol–water partition coefficient (Wildman–Crippen LogP) is 4.70. The van der Waals surface area contributed by atoms with Crippen molar-refractivity contribution in [3.05, 3.63) is 83.3 Å². The van der Waals surface area contributed by atoms with E-state index in [1.54, 1.807) is 0 Å². The lowest BCUT2D eigenvalue weighted by molar-refractivity contribution is 0.592. The topological polar surface area (TPSA) is 30.0 Å². The third-order valence-electron chi connectivity index (χ3n) is 3.85. The summed E-state index contributed by atoms with van der Waals surface area (Å²) in [5, 5.41) is 1.63.